The highest BCUT2D eigenvalue weighted by Gasteiger charge is 2.14. The van der Waals surface area contributed by atoms with Crippen molar-refractivity contribution in [2.45, 2.75) is 19.1 Å². The van der Waals surface area contributed by atoms with Crippen molar-refractivity contribution in [1.82, 2.24) is 0 Å². The van der Waals surface area contributed by atoms with Crippen LogP contribution in [0.1, 0.15) is 18.6 Å². The highest BCUT2D eigenvalue weighted by Crippen LogP contribution is 2.17. The van der Waals surface area contributed by atoms with Crippen LogP contribution < -0.4 is 5.73 Å². The number of aliphatic hydroxyl groups excluding tert-OH is 1. The normalized spacial score (nSPS) is 15.6. The molecule has 0 aromatic heterocycles. The van der Waals surface area contributed by atoms with Gasteiger partial charge in [-0.2, -0.15) is 0 Å². The fourth-order valence-corrected chi connectivity index (χ4v) is 1.00. The van der Waals surface area contributed by atoms with Gasteiger partial charge in [-0.1, -0.05) is 12.1 Å². The van der Waals surface area contributed by atoms with E-state index in [2.05, 4.69) is 5.73 Å². The largest absolute Gasteiger partial charge is 0.508 e. The van der Waals surface area contributed by atoms with Crippen molar-refractivity contribution in [3.05, 3.63) is 29.8 Å². The van der Waals surface area contributed by atoms with E-state index in [0.29, 0.717) is 0 Å². The molecule has 66 valence electrons. The molecule has 0 aliphatic rings. The number of aromatic hydroxyl groups is 1. The van der Waals surface area contributed by atoms with Crippen LogP contribution >= 0.6 is 0 Å². The zero-order chi connectivity index (χ0) is 9.14. The van der Waals surface area contributed by atoms with Gasteiger partial charge < -0.3 is 15.9 Å². The number of aliphatic hydroxyl groups is 1. The van der Waals surface area contributed by atoms with Gasteiger partial charge >= 0.3 is 0 Å². The second-order valence-electron chi connectivity index (χ2n) is 3.01. The molecule has 0 radical (unpaired) electrons. The van der Waals surface area contributed by atoms with E-state index >= 15 is 0 Å². The van der Waals surface area contributed by atoms with E-state index in [9.17, 15) is 5.11 Å². The molecule has 0 aliphatic heterocycles. The van der Waals surface area contributed by atoms with Crippen LogP contribution in [0.5, 0.6) is 5.75 Å². The Bertz CT molecular complexity index is 243. The van der Waals surface area contributed by atoms with Gasteiger partial charge in [-0.3, -0.25) is 0 Å². The molecule has 1 aromatic rings. The lowest BCUT2D eigenvalue weighted by atomic mass is 10.0. The Balaban J connectivity index is 2.82. The Kier molecular flexibility index (Phi) is 2.68. The molecule has 12 heavy (non-hydrogen) atoms. The van der Waals surface area contributed by atoms with E-state index in [1.807, 2.05) is 6.92 Å². The molecule has 3 heteroatoms. The molecule has 1 rings (SSSR count). The summed E-state index contributed by atoms with van der Waals surface area (Å²) in [6.07, 6.45) is -0.550. The molecule has 0 saturated heterocycles. The Hall–Kier alpha value is -1.06. The monoisotopic (exact) mass is 168 g/mol. The molecule has 0 fully saturated rings. The lowest BCUT2D eigenvalue weighted by Crippen LogP contribution is -2.61. The summed E-state index contributed by atoms with van der Waals surface area (Å²) in [6, 6.07) is 6.46. The third-order valence-corrected chi connectivity index (χ3v) is 1.77. The van der Waals surface area contributed by atoms with Gasteiger partial charge in [-0.25, -0.2) is 0 Å². The first-order chi connectivity index (χ1) is 5.61. The molecule has 2 atom stereocenters. The van der Waals surface area contributed by atoms with Gasteiger partial charge in [0.25, 0.3) is 0 Å². The van der Waals surface area contributed by atoms with Gasteiger partial charge in [-0.15, -0.1) is 0 Å². The molecule has 3 nitrogen and oxygen atoms in total. The number of phenolic OH excluding ortho intramolecular Hbond substituents is 1. The summed E-state index contributed by atoms with van der Waals surface area (Å²) in [5.41, 5.74) is 4.51. The lowest BCUT2D eigenvalue weighted by Gasteiger charge is -2.11. The van der Waals surface area contributed by atoms with Gasteiger partial charge in [0.2, 0.25) is 0 Å². The SMILES string of the molecule is C[C@@H]([NH3+])[C@@H](O)c1ccc(O)cc1. The molecule has 0 bridgehead atoms. The van der Waals surface area contributed by atoms with Crippen molar-refractivity contribution >= 4 is 0 Å². The topological polar surface area (TPSA) is 68.1 Å². The molecule has 0 spiro atoms. The predicted molar refractivity (Wildman–Crippen MR) is 45.4 cm³/mol. The van der Waals surface area contributed by atoms with Crippen LogP contribution in [0.4, 0.5) is 0 Å². The number of hydrogen-bond donors (Lipinski definition) is 3. The van der Waals surface area contributed by atoms with E-state index in [1.54, 1.807) is 24.3 Å². The first-order valence-electron chi connectivity index (χ1n) is 3.91. The van der Waals surface area contributed by atoms with Crippen LogP contribution in [-0.2, 0) is 0 Å². The minimum atomic E-state index is -0.550. The van der Waals surface area contributed by atoms with Crippen molar-refractivity contribution in [2.24, 2.45) is 0 Å². The zero-order valence-corrected chi connectivity index (χ0v) is 7.07. The minimum Gasteiger partial charge on any atom is -0.508 e. The number of phenols is 1. The molecule has 0 heterocycles. The first-order valence-corrected chi connectivity index (χ1v) is 3.91. The van der Waals surface area contributed by atoms with Gasteiger partial charge in [0.15, 0.2) is 0 Å². The molecule has 0 saturated carbocycles. The summed E-state index contributed by atoms with van der Waals surface area (Å²) in [5, 5.41) is 18.5. The molecular weight excluding hydrogens is 154 g/mol. The fourth-order valence-electron chi connectivity index (χ4n) is 1.00. The highest BCUT2D eigenvalue weighted by molar-refractivity contribution is 5.27. The molecule has 0 aliphatic carbocycles. The summed E-state index contributed by atoms with van der Waals surface area (Å²) in [5.74, 6) is 0.211. The second-order valence-corrected chi connectivity index (χ2v) is 3.01. The summed E-state index contributed by atoms with van der Waals surface area (Å²) < 4.78 is 0. The maximum Gasteiger partial charge on any atom is 0.130 e. The van der Waals surface area contributed by atoms with Crippen molar-refractivity contribution < 1.29 is 15.9 Å². The fraction of sp³-hybridized carbons (Fsp3) is 0.333. The predicted octanol–water partition coefficient (Wildman–Crippen LogP) is 0.0560. The standard InChI is InChI=1S/C9H13NO2/c1-6(10)9(12)7-2-4-8(11)5-3-7/h2-6,9,11-12H,10H2,1H3/p+1/t6-,9-/m1/s1. The zero-order valence-electron chi connectivity index (χ0n) is 7.07. The third-order valence-electron chi connectivity index (χ3n) is 1.77. The summed E-state index contributed by atoms with van der Waals surface area (Å²) in [6.45, 7) is 1.84. The van der Waals surface area contributed by atoms with Gasteiger partial charge in [-0.05, 0) is 24.6 Å². The van der Waals surface area contributed by atoms with Crippen molar-refractivity contribution in [1.29, 1.82) is 0 Å². The van der Waals surface area contributed by atoms with Crippen LogP contribution in [0.3, 0.4) is 0 Å². The quantitative estimate of drug-likeness (QED) is 0.584. The third kappa shape index (κ3) is 1.96. The van der Waals surface area contributed by atoms with Crippen molar-refractivity contribution in [3.8, 4) is 5.75 Å². The average Bonchev–Trinajstić information content (AvgIpc) is 2.04. The first kappa shape index (κ1) is 9.03. The van der Waals surface area contributed by atoms with Crippen LogP contribution in [0.15, 0.2) is 24.3 Å². The Labute approximate surface area is 71.5 Å². The van der Waals surface area contributed by atoms with Crippen LogP contribution in [0.25, 0.3) is 0 Å². The molecule has 0 unspecified atom stereocenters. The number of rotatable bonds is 2. The molecule has 1 aromatic carbocycles. The van der Waals surface area contributed by atoms with E-state index in [4.69, 9.17) is 5.11 Å². The lowest BCUT2D eigenvalue weighted by molar-refractivity contribution is -0.433. The number of benzene rings is 1. The maximum atomic E-state index is 9.54. The van der Waals surface area contributed by atoms with E-state index in [1.165, 1.54) is 0 Å². The smallest absolute Gasteiger partial charge is 0.130 e. The average molecular weight is 168 g/mol. The van der Waals surface area contributed by atoms with Crippen LogP contribution in [-0.4, -0.2) is 16.3 Å². The molecular formula is C9H14NO2+. The Morgan fingerprint density at radius 3 is 2.17 bits per heavy atom. The maximum absolute atomic E-state index is 9.54. The number of hydrogen-bond acceptors (Lipinski definition) is 2. The molecule has 5 N–H and O–H groups in total. The minimum absolute atomic E-state index is 0.0467. The van der Waals surface area contributed by atoms with E-state index < -0.39 is 6.10 Å². The van der Waals surface area contributed by atoms with Gasteiger partial charge in [0.1, 0.15) is 17.9 Å². The highest BCUT2D eigenvalue weighted by atomic mass is 16.3. The second kappa shape index (κ2) is 3.56. The van der Waals surface area contributed by atoms with Crippen LogP contribution in [0, 0.1) is 0 Å². The Morgan fingerprint density at radius 2 is 1.75 bits per heavy atom. The summed E-state index contributed by atoms with van der Waals surface area (Å²) in [7, 11) is 0. The molecule has 0 amide bonds. The van der Waals surface area contributed by atoms with Crippen molar-refractivity contribution in [3.63, 3.8) is 0 Å². The van der Waals surface area contributed by atoms with E-state index in [-0.39, 0.29) is 11.8 Å². The van der Waals surface area contributed by atoms with E-state index in [0.717, 1.165) is 5.56 Å². The van der Waals surface area contributed by atoms with Crippen LogP contribution in [0.2, 0.25) is 0 Å². The van der Waals surface area contributed by atoms with Gasteiger partial charge in [0.05, 0.1) is 0 Å². The number of quaternary nitrogens is 1. The van der Waals surface area contributed by atoms with Gasteiger partial charge in [0, 0.05) is 0 Å². The summed E-state index contributed by atoms with van der Waals surface area (Å²) >= 11 is 0. The Morgan fingerprint density at radius 1 is 1.25 bits per heavy atom. The van der Waals surface area contributed by atoms with Crippen molar-refractivity contribution in [2.75, 3.05) is 0 Å². The summed E-state index contributed by atoms with van der Waals surface area (Å²) in [4.78, 5) is 0.